The van der Waals surface area contributed by atoms with Gasteiger partial charge in [0, 0.05) is 17.3 Å². The van der Waals surface area contributed by atoms with Gasteiger partial charge in [-0.2, -0.15) is 18.4 Å². The van der Waals surface area contributed by atoms with Crippen LogP contribution in [0.5, 0.6) is 0 Å². The molecule has 0 aliphatic rings. The highest BCUT2D eigenvalue weighted by molar-refractivity contribution is 7.99. The molecule has 9 heteroatoms. The second-order valence-corrected chi connectivity index (χ2v) is 6.41. The summed E-state index contributed by atoms with van der Waals surface area (Å²) < 4.78 is 37.3. The van der Waals surface area contributed by atoms with E-state index in [2.05, 4.69) is 9.97 Å². The summed E-state index contributed by atoms with van der Waals surface area (Å²) in [5.41, 5.74) is -0.114. The number of aromatic nitrogens is 2. The predicted molar refractivity (Wildman–Crippen MR) is 80.2 cm³/mol. The van der Waals surface area contributed by atoms with Crippen molar-refractivity contribution < 1.29 is 18.0 Å². The van der Waals surface area contributed by atoms with Gasteiger partial charge in [-0.1, -0.05) is 11.8 Å². The lowest BCUT2D eigenvalue weighted by atomic mass is 10.1. The van der Waals surface area contributed by atoms with Crippen LogP contribution in [0.3, 0.4) is 0 Å². The van der Waals surface area contributed by atoms with Crippen LogP contribution in [0.2, 0.25) is 0 Å². The summed E-state index contributed by atoms with van der Waals surface area (Å²) in [7, 11) is 0. The topological polar surface area (TPSA) is 66.6 Å². The van der Waals surface area contributed by atoms with Gasteiger partial charge in [0.1, 0.15) is 5.01 Å². The average molecular weight is 357 g/mol. The Morgan fingerprint density at radius 3 is 2.70 bits per heavy atom. The molecule has 2 aromatic heterocycles. The number of nitrogens with zero attached hydrogens (tertiary/aromatic N) is 3. The van der Waals surface area contributed by atoms with E-state index in [0.29, 0.717) is 10.0 Å². The molecule has 2 aromatic rings. The SMILES string of the molecule is Cc1csc(C(C#N)C(=O)CSc2ccc(C(F)(F)F)cn2)n1. The highest BCUT2D eigenvalue weighted by atomic mass is 32.2. The number of thiazole rings is 1. The molecule has 0 N–H and O–H groups in total. The van der Waals surface area contributed by atoms with Crippen molar-refractivity contribution in [2.45, 2.75) is 24.0 Å². The molecule has 0 bridgehead atoms. The molecule has 0 aromatic carbocycles. The molecule has 23 heavy (non-hydrogen) atoms. The van der Waals surface area contributed by atoms with E-state index in [1.807, 2.05) is 6.07 Å². The number of Topliss-reactive ketones (excluding diaryl/α,β-unsaturated/α-hetero) is 1. The van der Waals surface area contributed by atoms with Crippen molar-refractivity contribution in [2.24, 2.45) is 0 Å². The summed E-state index contributed by atoms with van der Waals surface area (Å²) in [6, 6.07) is 4.03. The van der Waals surface area contributed by atoms with Crippen LogP contribution in [0.1, 0.15) is 22.2 Å². The molecule has 0 spiro atoms. The number of hydrogen-bond donors (Lipinski definition) is 0. The summed E-state index contributed by atoms with van der Waals surface area (Å²) in [4.78, 5) is 19.9. The molecular weight excluding hydrogens is 347 g/mol. The Balaban J connectivity index is 2.00. The number of thioether (sulfide) groups is 1. The lowest BCUT2D eigenvalue weighted by Gasteiger charge is -2.07. The van der Waals surface area contributed by atoms with E-state index >= 15 is 0 Å². The van der Waals surface area contributed by atoms with Crippen LogP contribution >= 0.6 is 23.1 Å². The first kappa shape index (κ1) is 17.4. The number of ketones is 1. The molecule has 4 nitrogen and oxygen atoms in total. The molecule has 1 atom stereocenters. The summed E-state index contributed by atoms with van der Waals surface area (Å²) in [5.74, 6) is -1.38. The van der Waals surface area contributed by atoms with Crippen LogP contribution in [0.25, 0.3) is 0 Å². The highest BCUT2D eigenvalue weighted by Gasteiger charge is 2.30. The number of aryl methyl sites for hydroxylation is 1. The molecule has 120 valence electrons. The first-order chi connectivity index (χ1) is 10.8. The molecule has 0 aliphatic carbocycles. The lowest BCUT2D eigenvalue weighted by molar-refractivity contribution is -0.137. The van der Waals surface area contributed by atoms with Crippen LogP contribution in [0.4, 0.5) is 13.2 Å². The average Bonchev–Trinajstić information content (AvgIpc) is 2.91. The third-order valence-electron chi connectivity index (χ3n) is 2.76. The van der Waals surface area contributed by atoms with Crippen molar-refractivity contribution in [1.29, 1.82) is 5.26 Å². The predicted octanol–water partition coefficient (Wildman–Crippen LogP) is 3.83. The van der Waals surface area contributed by atoms with Gasteiger partial charge in [0.15, 0.2) is 11.7 Å². The number of pyridine rings is 1. The molecule has 0 saturated heterocycles. The van der Waals surface area contributed by atoms with Crippen molar-refractivity contribution >= 4 is 28.9 Å². The van der Waals surface area contributed by atoms with Gasteiger partial charge in [-0.15, -0.1) is 11.3 Å². The standard InChI is InChI=1S/C14H10F3N3OS2/c1-8-6-23-13(20-8)10(4-18)11(21)7-22-12-3-2-9(5-19-12)14(15,16)17/h2-3,5-6,10H,7H2,1H3. The van der Waals surface area contributed by atoms with Gasteiger partial charge in [0.2, 0.25) is 0 Å². The molecule has 2 heterocycles. The van der Waals surface area contributed by atoms with Gasteiger partial charge >= 0.3 is 6.18 Å². The van der Waals surface area contributed by atoms with Crippen LogP contribution in [-0.2, 0) is 11.0 Å². The maximum absolute atomic E-state index is 12.4. The Hall–Kier alpha value is -1.92. The first-order valence-corrected chi connectivity index (χ1v) is 8.18. The lowest BCUT2D eigenvalue weighted by Crippen LogP contribution is -2.13. The summed E-state index contributed by atoms with van der Waals surface area (Å²) in [6.07, 6.45) is -3.72. The zero-order chi connectivity index (χ0) is 17.0. The second-order valence-electron chi connectivity index (χ2n) is 4.53. The maximum Gasteiger partial charge on any atom is 0.417 e. The normalized spacial score (nSPS) is 12.7. The minimum atomic E-state index is -4.44. The van der Waals surface area contributed by atoms with E-state index in [1.54, 1.807) is 12.3 Å². The van der Waals surface area contributed by atoms with Gasteiger partial charge in [-0.3, -0.25) is 4.79 Å². The van der Waals surface area contributed by atoms with Crippen LogP contribution in [0.15, 0.2) is 28.7 Å². The zero-order valence-electron chi connectivity index (χ0n) is 11.8. The first-order valence-electron chi connectivity index (χ1n) is 6.31. The van der Waals surface area contributed by atoms with Crippen LogP contribution in [-0.4, -0.2) is 21.5 Å². The minimum absolute atomic E-state index is 0.0603. The number of hydrogen-bond acceptors (Lipinski definition) is 6. The van der Waals surface area contributed by atoms with Crippen molar-refractivity contribution in [1.82, 2.24) is 9.97 Å². The number of halogens is 3. The molecular formula is C14H10F3N3OS2. The van der Waals surface area contributed by atoms with E-state index < -0.39 is 17.7 Å². The van der Waals surface area contributed by atoms with Gasteiger partial charge in [0.25, 0.3) is 0 Å². The molecule has 0 radical (unpaired) electrons. The number of nitriles is 1. The van der Waals surface area contributed by atoms with Crippen molar-refractivity contribution in [2.75, 3.05) is 5.75 Å². The molecule has 0 fully saturated rings. The van der Waals surface area contributed by atoms with Crippen molar-refractivity contribution in [3.8, 4) is 6.07 Å². The van der Waals surface area contributed by atoms with E-state index in [1.165, 1.54) is 17.4 Å². The smallest absolute Gasteiger partial charge is 0.297 e. The number of carbonyl (C=O) groups is 1. The fourth-order valence-corrected chi connectivity index (χ4v) is 3.24. The summed E-state index contributed by atoms with van der Waals surface area (Å²) in [5, 5.41) is 11.6. The Morgan fingerprint density at radius 2 is 2.22 bits per heavy atom. The monoisotopic (exact) mass is 357 g/mol. The summed E-state index contributed by atoms with van der Waals surface area (Å²) in [6.45, 7) is 1.76. The Labute approximate surface area is 138 Å². The van der Waals surface area contributed by atoms with E-state index in [9.17, 15) is 18.0 Å². The Kier molecular flexibility index (Phi) is 5.38. The Morgan fingerprint density at radius 1 is 1.48 bits per heavy atom. The fourth-order valence-electron chi connectivity index (χ4n) is 1.63. The number of alkyl halides is 3. The van der Waals surface area contributed by atoms with Crippen LogP contribution in [0, 0.1) is 18.3 Å². The third kappa shape index (κ3) is 4.53. The minimum Gasteiger partial charge on any atom is -0.297 e. The molecule has 0 saturated carbocycles. The van der Waals surface area contributed by atoms with Gasteiger partial charge < -0.3 is 0 Å². The molecule has 2 rings (SSSR count). The van der Waals surface area contributed by atoms with E-state index in [0.717, 1.165) is 29.7 Å². The van der Waals surface area contributed by atoms with Crippen molar-refractivity contribution in [3.05, 3.63) is 40.0 Å². The van der Waals surface area contributed by atoms with Gasteiger partial charge in [-0.05, 0) is 19.1 Å². The Bertz CT molecular complexity index is 735. The fraction of sp³-hybridized carbons (Fsp3) is 0.286. The maximum atomic E-state index is 12.4. The quantitative estimate of drug-likeness (QED) is 0.761. The van der Waals surface area contributed by atoms with Crippen molar-refractivity contribution in [3.63, 3.8) is 0 Å². The van der Waals surface area contributed by atoms with Gasteiger partial charge in [0.05, 0.1) is 22.4 Å². The van der Waals surface area contributed by atoms with Crippen LogP contribution < -0.4 is 0 Å². The second kappa shape index (κ2) is 7.10. The highest BCUT2D eigenvalue weighted by Crippen LogP contribution is 2.30. The molecule has 0 aliphatic heterocycles. The number of carbonyl (C=O) groups excluding carboxylic acids is 1. The molecule has 1 unspecified atom stereocenters. The third-order valence-corrected chi connectivity index (χ3v) is 4.75. The van der Waals surface area contributed by atoms with E-state index in [-0.39, 0.29) is 11.5 Å². The zero-order valence-corrected chi connectivity index (χ0v) is 13.4. The van der Waals surface area contributed by atoms with E-state index in [4.69, 9.17) is 5.26 Å². The summed E-state index contributed by atoms with van der Waals surface area (Å²) >= 11 is 2.22. The van der Waals surface area contributed by atoms with Gasteiger partial charge in [-0.25, -0.2) is 9.97 Å². The largest absolute Gasteiger partial charge is 0.417 e. The molecule has 0 amide bonds. The number of rotatable bonds is 5.